The Balaban J connectivity index is 2.44. The van der Waals surface area contributed by atoms with Crippen molar-refractivity contribution in [1.82, 2.24) is 14.0 Å². The molecule has 0 bridgehead atoms. The van der Waals surface area contributed by atoms with Gasteiger partial charge in [0.25, 0.3) is 0 Å². The zero-order valence-electron chi connectivity index (χ0n) is 9.38. The van der Waals surface area contributed by atoms with E-state index in [0.29, 0.717) is 0 Å². The van der Waals surface area contributed by atoms with E-state index < -0.39 is 0 Å². The lowest BCUT2D eigenvalue weighted by molar-refractivity contribution is 0.787. The van der Waals surface area contributed by atoms with Crippen LogP contribution in [0.15, 0.2) is 30.5 Å². The van der Waals surface area contributed by atoms with Crippen LogP contribution in [0.3, 0.4) is 0 Å². The Kier molecular flexibility index (Phi) is 1.82. The normalized spacial score (nSPS) is 13.7. The molecule has 1 unspecified atom stereocenters. The lowest BCUT2D eigenvalue weighted by Gasteiger charge is -1.98. The van der Waals surface area contributed by atoms with Crippen molar-refractivity contribution >= 4 is 16.8 Å². The Labute approximate surface area is 93.3 Å². The molecule has 2 N–H and O–H groups in total. The van der Waals surface area contributed by atoms with Crippen molar-refractivity contribution in [2.75, 3.05) is 0 Å². The summed E-state index contributed by atoms with van der Waals surface area (Å²) in [4.78, 5) is 4.55. The number of nitrogens with zero attached hydrogens (tertiary/aromatic N) is 3. The first-order chi connectivity index (χ1) is 7.68. The number of hydrogen-bond acceptors (Lipinski definition) is 2. The maximum absolute atomic E-state index is 5.85. The van der Waals surface area contributed by atoms with Gasteiger partial charge in [-0.05, 0) is 19.1 Å². The van der Waals surface area contributed by atoms with E-state index >= 15 is 0 Å². The molecule has 0 saturated carbocycles. The molecule has 0 radical (unpaired) electrons. The molecule has 1 atom stereocenters. The summed E-state index contributed by atoms with van der Waals surface area (Å²) in [6, 6.07) is 8.23. The summed E-state index contributed by atoms with van der Waals surface area (Å²) in [7, 11) is 2.02. The molecular weight excluding hydrogens is 200 g/mol. The first kappa shape index (κ1) is 9.42. The summed E-state index contributed by atoms with van der Waals surface area (Å²) < 4.78 is 4.18. The standard InChI is InChI=1S/C12H14N4/c1-8(13)9-7-16-11-6-4-3-5-10(11)15(2)12(16)14-9/h3-8H,13H2,1-2H3. The lowest BCUT2D eigenvalue weighted by Crippen LogP contribution is -2.05. The number of hydrogen-bond donors (Lipinski definition) is 1. The van der Waals surface area contributed by atoms with Gasteiger partial charge < -0.3 is 10.3 Å². The average Bonchev–Trinajstić information content (AvgIpc) is 2.81. The zero-order chi connectivity index (χ0) is 11.3. The highest BCUT2D eigenvalue weighted by molar-refractivity contribution is 5.80. The number of aryl methyl sites for hydroxylation is 1. The molecule has 0 aliphatic carbocycles. The Hall–Kier alpha value is -1.81. The minimum Gasteiger partial charge on any atom is -0.323 e. The van der Waals surface area contributed by atoms with Crippen molar-refractivity contribution in [2.45, 2.75) is 13.0 Å². The molecule has 82 valence electrons. The molecule has 0 amide bonds. The molecule has 1 aromatic carbocycles. The largest absolute Gasteiger partial charge is 0.323 e. The van der Waals surface area contributed by atoms with Gasteiger partial charge in [0.15, 0.2) is 0 Å². The van der Waals surface area contributed by atoms with Crippen LogP contribution >= 0.6 is 0 Å². The molecule has 3 rings (SSSR count). The van der Waals surface area contributed by atoms with Crippen molar-refractivity contribution in [3.05, 3.63) is 36.2 Å². The van der Waals surface area contributed by atoms with Crippen LogP contribution in [0.2, 0.25) is 0 Å². The second kappa shape index (κ2) is 3.09. The summed E-state index contributed by atoms with van der Waals surface area (Å²) in [5.74, 6) is 0.938. The Morgan fingerprint density at radius 2 is 1.94 bits per heavy atom. The van der Waals surface area contributed by atoms with Crippen LogP contribution in [-0.2, 0) is 7.05 Å². The van der Waals surface area contributed by atoms with Crippen LogP contribution in [0.25, 0.3) is 16.8 Å². The van der Waals surface area contributed by atoms with Gasteiger partial charge in [0.2, 0.25) is 5.78 Å². The summed E-state index contributed by atoms with van der Waals surface area (Å²) in [6.07, 6.45) is 2.02. The van der Waals surface area contributed by atoms with Gasteiger partial charge in [-0.15, -0.1) is 0 Å². The SMILES string of the molecule is CC(N)c1cn2c3ccccc3n(C)c2n1. The van der Waals surface area contributed by atoms with E-state index in [1.54, 1.807) is 0 Å². The second-order valence-corrected chi connectivity index (χ2v) is 4.17. The molecule has 3 aromatic rings. The van der Waals surface area contributed by atoms with Gasteiger partial charge in [-0.2, -0.15) is 0 Å². The van der Waals surface area contributed by atoms with Gasteiger partial charge in [0.05, 0.1) is 16.7 Å². The van der Waals surface area contributed by atoms with E-state index in [2.05, 4.69) is 26.1 Å². The van der Waals surface area contributed by atoms with Crippen LogP contribution in [0, 0.1) is 0 Å². The summed E-state index contributed by atoms with van der Waals surface area (Å²) >= 11 is 0. The molecule has 0 aliphatic rings. The number of fused-ring (bicyclic) bond motifs is 3. The molecule has 4 nitrogen and oxygen atoms in total. The molecule has 4 heteroatoms. The number of imidazole rings is 2. The maximum atomic E-state index is 5.85. The number of aromatic nitrogens is 3. The van der Waals surface area contributed by atoms with Gasteiger partial charge >= 0.3 is 0 Å². The van der Waals surface area contributed by atoms with E-state index in [9.17, 15) is 0 Å². The smallest absolute Gasteiger partial charge is 0.214 e. The molecule has 0 aliphatic heterocycles. The van der Waals surface area contributed by atoms with Gasteiger partial charge in [0, 0.05) is 19.3 Å². The first-order valence-corrected chi connectivity index (χ1v) is 5.36. The Bertz CT molecular complexity index is 660. The molecule has 16 heavy (non-hydrogen) atoms. The number of rotatable bonds is 1. The Morgan fingerprint density at radius 1 is 1.25 bits per heavy atom. The number of benzene rings is 1. The van der Waals surface area contributed by atoms with Crippen LogP contribution in [-0.4, -0.2) is 14.0 Å². The number of nitrogens with two attached hydrogens (primary N) is 1. The van der Waals surface area contributed by atoms with Gasteiger partial charge in [-0.25, -0.2) is 4.98 Å². The predicted octanol–water partition coefficient (Wildman–Crippen LogP) is 1.85. The fourth-order valence-corrected chi connectivity index (χ4v) is 2.08. The first-order valence-electron chi connectivity index (χ1n) is 5.36. The highest BCUT2D eigenvalue weighted by Gasteiger charge is 2.12. The second-order valence-electron chi connectivity index (χ2n) is 4.17. The molecule has 2 aromatic heterocycles. The fraction of sp³-hybridized carbons (Fsp3) is 0.250. The third-order valence-electron chi connectivity index (χ3n) is 2.98. The quantitative estimate of drug-likeness (QED) is 0.672. The van der Waals surface area contributed by atoms with Gasteiger partial charge in [0.1, 0.15) is 0 Å². The highest BCUT2D eigenvalue weighted by Crippen LogP contribution is 2.21. The van der Waals surface area contributed by atoms with Crippen molar-refractivity contribution in [2.24, 2.45) is 12.8 Å². The molecule has 2 heterocycles. The minimum atomic E-state index is -0.0290. The fourth-order valence-electron chi connectivity index (χ4n) is 2.08. The molecule has 0 saturated heterocycles. The molecular formula is C12H14N4. The third kappa shape index (κ3) is 1.10. The van der Waals surface area contributed by atoms with Crippen LogP contribution in [0.5, 0.6) is 0 Å². The summed E-state index contributed by atoms with van der Waals surface area (Å²) in [5.41, 5.74) is 9.12. The summed E-state index contributed by atoms with van der Waals surface area (Å²) in [5, 5.41) is 0. The van der Waals surface area contributed by atoms with E-state index in [-0.39, 0.29) is 6.04 Å². The minimum absolute atomic E-state index is 0.0290. The third-order valence-corrected chi connectivity index (χ3v) is 2.98. The predicted molar refractivity (Wildman–Crippen MR) is 64.3 cm³/mol. The van der Waals surface area contributed by atoms with E-state index in [4.69, 9.17) is 5.73 Å². The molecule has 0 spiro atoms. The van der Waals surface area contributed by atoms with Crippen molar-refractivity contribution in [3.63, 3.8) is 0 Å². The van der Waals surface area contributed by atoms with Gasteiger partial charge in [-0.1, -0.05) is 12.1 Å². The Morgan fingerprint density at radius 3 is 2.62 bits per heavy atom. The lowest BCUT2D eigenvalue weighted by atomic mass is 10.3. The zero-order valence-corrected chi connectivity index (χ0v) is 9.38. The monoisotopic (exact) mass is 214 g/mol. The topological polar surface area (TPSA) is 48.2 Å². The van der Waals surface area contributed by atoms with Crippen molar-refractivity contribution < 1.29 is 0 Å². The summed E-state index contributed by atoms with van der Waals surface area (Å²) in [6.45, 7) is 1.95. The van der Waals surface area contributed by atoms with Crippen molar-refractivity contribution in [1.29, 1.82) is 0 Å². The average molecular weight is 214 g/mol. The maximum Gasteiger partial charge on any atom is 0.214 e. The van der Waals surface area contributed by atoms with Crippen LogP contribution in [0.4, 0.5) is 0 Å². The van der Waals surface area contributed by atoms with Crippen molar-refractivity contribution in [3.8, 4) is 0 Å². The van der Waals surface area contributed by atoms with E-state index in [0.717, 1.165) is 11.5 Å². The number of para-hydroxylation sites is 2. The van der Waals surface area contributed by atoms with Gasteiger partial charge in [-0.3, -0.25) is 4.40 Å². The van der Waals surface area contributed by atoms with E-state index in [1.165, 1.54) is 11.0 Å². The van der Waals surface area contributed by atoms with Crippen LogP contribution < -0.4 is 5.73 Å². The molecule has 0 fully saturated rings. The van der Waals surface area contributed by atoms with E-state index in [1.807, 2.05) is 32.3 Å². The highest BCUT2D eigenvalue weighted by atomic mass is 15.2. The van der Waals surface area contributed by atoms with Crippen LogP contribution in [0.1, 0.15) is 18.7 Å².